The Labute approximate surface area is 78.4 Å². The summed E-state index contributed by atoms with van der Waals surface area (Å²) in [5.41, 5.74) is 6.11. The molecule has 0 saturated carbocycles. The zero-order valence-corrected chi connectivity index (χ0v) is 7.93. The predicted molar refractivity (Wildman–Crippen MR) is 49.2 cm³/mol. The van der Waals surface area contributed by atoms with Crippen molar-refractivity contribution < 1.29 is 0 Å². The molecule has 61 valence electrons. The summed E-state index contributed by atoms with van der Waals surface area (Å²) in [5, 5.41) is 7.31. The normalized spacial score (nSPS) is 12.2. The van der Waals surface area contributed by atoms with Crippen LogP contribution >= 0.6 is 0 Å². The Morgan fingerprint density at radius 2 is 2.50 bits per heavy atom. The molecule has 0 unspecified atom stereocenters. The zero-order chi connectivity index (χ0) is 8.81. The van der Waals surface area contributed by atoms with E-state index in [1.807, 2.05) is 12.1 Å². The van der Waals surface area contributed by atoms with Crippen LogP contribution in [0.25, 0.3) is 0 Å². The second kappa shape index (κ2) is 4.64. The SMILES string of the molecule is N/C([Se])=N\N=C/c1cccnc1. The van der Waals surface area contributed by atoms with Gasteiger partial charge < -0.3 is 0 Å². The first-order valence-electron chi connectivity index (χ1n) is 3.22. The van der Waals surface area contributed by atoms with E-state index in [4.69, 9.17) is 5.73 Å². The monoisotopic (exact) mass is 227 g/mol. The number of amidine groups is 1. The van der Waals surface area contributed by atoms with E-state index in [-0.39, 0.29) is 0 Å². The summed E-state index contributed by atoms with van der Waals surface area (Å²) in [6, 6.07) is 3.70. The summed E-state index contributed by atoms with van der Waals surface area (Å²) < 4.78 is 0.315. The summed E-state index contributed by atoms with van der Waals surface area (Å²) in [7, 11) is 0. The van der Waals surface area contributed by atoms with E-state index in [0.29, 0.717) is 4.73 Å². The van der Waals surface area contributed by atoms with Crippen molar-refractivity contribution in [2.45, 2.75) is 0 Å². The van der Waals surface area contributed by atoms with Crippen molar-refractivity contribution in [3.8, 4) is 0 Å². The number of nitrogens with zero attached hydrogens (tertiary/aromatic N) is 3. The molecule has 0 bridgehead atoms. The van der Waals surface area contributed by atoms with Gasteiger partial charge in [0.05, 0.1) is 0 Å². The van der Waals surface area contributed by atoms with Crippen LogP contribution in [-0.4, -0.2) is 31.9 Å². The fraction of sp³-hybridized carbons (Fsp3) is 0. The molecule has 1 heterocycles. The van der Waals surface area contributed by atoms with Crippen LogP contribution in [0.3, 0.4) is 0 Å². The fourth-order valence-electron chi connectivity index (χ4n) is 0.605. The van der Waals surface area contributed by atoms with Gasteiger partial charge in [-0.15, -0.1) is 0 Å². The van der Waals surface area contributed by atoms with Crippen LogP contribution in [0.4, 0.5) is 0 Å². The summed E-state index contributed by atoms with van der Waals surface area (Å²) >= 11 is 2.52. The van der Waals surface area contributed by atoms with Gasteiger partial charge in [0.15, 0.2) is 0 Å². The van der Waals surface area contributed by atoms with E-state index in [1.165, 1.54) is 0 Å². The molecule has 1 rings (SSSR count). The molecular formula is C7H7N4Se. The van der Waals surface area contributed by atoms with Crippen molar-refractivity contribution in [1.29, 1.82) is 0 Å². The average molecular weight is 226 g/mol. The molecule has 12 heavy (non-hydrogen) atoms. The van der Waals surface area contributed by atoms with Crippen molar-refractivity contribution >= 4 is 27.0 Å². The van der Waals surface area contributed by atoms with E-state index in [9.17, 15) is 0 Å². The third kappa shape index (κ3) is 3.27. The molecule has 0 aliphatic heterocycles. The Bertz CT molecular complexity index is 290. The number of rotatable bonds is 2. The molecular weight excluding hydrogens is 219 g/mol. The molecule has 0 aromatic carbocycles. The minimum absolute atomic E-state index is 0.315. The first-order chi connectivity index (χ1) is 5.79. The van der Waals surface area contributed by atoms with Gasteiger partial charge in [0.1, 0.15) is 0 Å². The third-order valence-corrected chi connectivity index (χ3v) is 1.22. The molecule has 0 aliphatic rings. The maximum atomic E-state index is 5.22. The molecule has 0 atom stereocenters. The van der Waals surface area contributed by atoms with Gasteiger partial charge in [0.2, 0.25) is 0 Å². The van der Waals surface area contributed by atoms with Crippen molar-refractivity contribution in [2.24, 2.45) is 15.9 Å². The number of hydrogen-bond donors (Lipinski definition) is 1. The van der Waals surface area contributed by atoms with Gasteiger partial charge in [-0.2, -0.15) is 0 Å². The second-order valence-corrected chi connectivity index (χ2v) is 2.85. The molecule has 1 aromatic rings. The van der Waals surface area contributed by atoms with Gasteiger partial charge in [-0.3, -0.25) is 0 Å². The molecule has 5 heteroatoms. The minimum atomic E-state index is 0.315. The van der Waals surface area contributed by atoms with Crippen LogP contribution < -0.4 is 5.73 Å². The Morgan fingerprint density at radius 1 is 1.67 bits per heavy atom. The van der Waals surface area contributed by atoms with Crippen molar-refractivity contribution in [3.63, 3.8) is 0 Å². The predicted octanol–water partition coefficient (Wildman–Crippen LogP) is -0.101. The number of hydrogen-bond acceptors (Lipinski definition) is 3. The topological polar surface area (TPSA) is 63.6 Å². The summed E-state index contributed by atoms with van der Waals surface area (Å²) in [6.07, 6.45) is 4.97. The standard InChI is InChI=1S/C7H7N4Se/c8-7(12)11-10-5-6-2-1-3-9-4-6/h1-5H,(H2,8,11)/b10-5-. The van der Waals surface area contributed by atoms with Crippen LogP contribution in [0.5, 0.6) is 0 Å². The summed E-state index contributed by atoms with van der Waals surface area (Å²) in [5.74, 6) is 0. The molecule has 0 spiro atoms. The number of aromatic nitrogens is 1. The van der Waals surface area contributed by atoms with Gasteiger partial charge in [-0.1, -0.05) is 0 Å². The summed E-state index contributed by atoms with van der Waals surface area (Å²) in [6.45, 7) is 0. The molecule has 4 nitrogen and oxygen atoms in total. The van der Waals surface area contributed by atoms with Crippen LogP contribution in [0.2, 0.25) is 0 Å². The van der Waals surface area contributed by atoms with E-state index in [1.54, 1.807) is 18.6 Å². The maximum absolute atomic E-state index is 5.22. The summed E-state index contributed by atoms with van der Waals surface area (Å²) in [4.78, 5) is 3.90. The Balaban J connectivity index is 2.64. The van der Waals surface area contributed by atoms with Crippen LogP contribution in [0, 0.1) is 0 Å². The van der Waals surface area contributed by atoms with Gasteiger partial charge in [0, 0.05) is 0 Å². The van der Waals surface area contributed by atoms with E-state index in [2.05, 4.69) is 31.2 Å². The molecule has 0 fully saturated rings. The molecule has 0 aliphatic carbocycles. The zero-order valence-electron chi connectivity index (χ0n) is 6.21. The molecule has 0 amide bonds. The molecule has 1 radical (unpaired) electrons. The fourth-order valence-corrected chi connectivity index (χ4v) is 0.704. The second-order valence-electron chi connectivity index (χ2n) is 1.97. The molecule has 2 N–H and O–H groups in total. The van der Waals surface area contributed by atoms with Crippen molar-refractivity contribution in [1.82, 2.24) is 4.98 Å². The molecule has 1 aromatic heterocycles. The van der Waals surface area contributed by atoms with Gasteiger partial charge in [-0.25, -0.2) is 0 Å². The quantitative estimate of drug-likeness (QED) is 0.331. The van der Waals surface area contributed by atoms with E-state index >= 15 is 0 Å². The van der Waals surface area contributed by atoms with E-state index in [0.717, 1.165) is 5.56 Å². The van der Waals surface area contributed by atoms with Crippen molar-refractivity contribution in [2.75, 3.05) is 0 Å². The first kappa shape index (κ1) is 8.90. The number of pyridine rings is 1. The first-order valence-corrected chi connectivity index (χ1v) is 4.08. The van der Waals surface area contributed by atoms with Crippen LogP contribution in [0.15, 0.2) is 34.7 Å². The average Bonchev–Trinajstić information content (AvgIpc) is 2.05. The van der Waals surface area contributed by atoms with Crippen LogP contribution in [-0.2, 0) is 0 Å². The Hall–Kier alpha value is -1.19. The third-order valence-electron chi connectivity index (χ3n) is 1.05. The van der Waals surface area contributed by atoms with Gasteiger partial charge >= 0.3 is 78.0 Å². The molecule has 0 saturated heterocycles. The van der Waals surface area contributed by atoms with Crippen LogP contribution in [0.1, 0.15) is 5.56 Å². The van der Waals surface area contributed by atoms with Crippen molar-refractivity contribution in [3.05, 3.63) is 30.1 Å². The number of nitrogens with two attached hydrogens (primary N) is 1. The Morgan fingerprint density at radius 3 is 3.08 bits per heavy atom. The Kier molecular flexibility index (Phi) is 3.44. The van der Waals surface area contributed by atoms with E-state index < -0.39 is 0 Å². The van der Waals surface area contributed by atoms with Gasteiger partial charge in [0.25, 0.3) is 0 Å². The van der Waals surface area contributed by atoms with Gasteiger partial charge in [-0.05, 0) is 0 Å².